The molecule has 1 aromatic carbocycles. The lowest BCUT2D eigenvalue weighted by Gasteiger charge is -2.26. The molecule has 30 heavy (non-hydrogen) atoms. The lowest BCUT2D eigenvalue weighted by Crippen LogP contribution is -2.43. The SMILES string of the molecule is COC(=N)c1cnc(NC(=O)N[C@@H]2CN(C)[C@H](C(F)F)C2c2ccccc2)cc1N. The molecule has 0 spiro atoms. The molecule has 10 heteroatoms. The maximum absolute atomic E-state index is 13.7. The number of nitrogens with one attached hydrogen (secondary N) is 3. The number of ether oxygens (including phenoxy) is 1. The fourth-order valence-electron chi connectivity index (χ4n) is 3.81. The van der Waals surface area contributed by atoms with Crippen LogP contribution in [0.3, 0.4) is 0 Å². The summed E-state index contributed by atoms with van der Waals surface area (Å²) in [4.78, 5) is 18.2. The molecule has 0 radical (unpaired) electrons. The smallest absolute Gasteiger partial charge is 0.320 e. The number of nitrogen functional groups attached to an aromatic ring is 1. The molecule has 8 nitrogen and oxygen atoms in total. The number of carbonyl (C=O) groups excluding carboxylic acids is 1. The number of hydrogen-bond acceptors (Lipinski definition) is 6. The van der Waals surface area contributed by atoms with E-state index in [-0.39, 0.29) is 23.9 Å². The van der Waals surface area contributed by atoms with Gasteiger partial charge in [0.2, 0.25) is 5.90 Å². The summed E-state index contributed by atoms with van der Waals surface area (Å²) in [6, 6.07) is 8.27. The lowest BCUT2D eigenvalue weighted by atomic mass is 9.88. The molecule has 3 rings (SSSR count). The number of benzene rings is 1. The molecule has 1 fully saturated rings. The van der Waals surface area contributed by atoms with Gasteiger partial charge in [-0.05, 0) is 12.6 Å². The van der Waals surface area contributed by atoms with E-state index in [9.17, 15) is 13.6 Å². The third kappa shape index (κ3) is 4.48. The van der Waals surface area contributed by atoms with Crippen LogP contribution in [0, 0.1) is 5.41 Å². The summed E-state index contributed by atoms with van der Waals surface area (Å²) >= 11 is 0. The first-order valence-corrected chi connectivity index (χ1v) is 9.31. The second-order valence-electron chi connectivity index (χ2n) is 7.10. The minimum atomic E-state index is -2.56. The van der Waals surface area contributed by atoms with Crippen molar-refractivity contribution >= 4 is 23.4 Å². The summed E-state index contributed by atoms with van der Waals surface area (Å²) in [5.41, 5.74) is 7.13. The second kappa shape index (κ2) is 9.04. The van der Waals surface area contributed by atoms with Crippen molar-refractivity contribution < 1.29 is 18.3 Å². The number of carbonyl (C=O) groups is 1. The molecular formula is C20H24F2N6O2. The van der Waals surface area contributed by atoms with Crippen LogP contribution in [0.5, 0.6) is 0 Å². The van der Waals surface area contributed by atoms with Crippen LogP contribution in [0.25, 0.3) is 0 Å². The molecule has 5 N–H and O–H groups in total. The first-order chi connectivity index (χ1) is 14.3. The van der Waals surface area contributed by atoms with Crippen molar-refractivity contribution in [2.75, 3.05) is 31.8 Å². The molecule has 2 aromatic rings. The van der Waals surface area contributed by atoms with Crippen molar-refractivity contribution in [3.63, 3.8) is 0 Å². The molecule has 0 bridgehead atoms. The van der Waals surface area contributed by atoms with Gasteiger partial charge in [0.25, 0.3) is 6.43 Å². The van der Waals surface area contributed by atoms with Gasteiger partial charge in [0.15, 0.2) is 0 Å². The van der Waals surface area contributed by atoms with Gasteiger partial charge in [0, 0.05) is 30.4 Å². The Kier molecular flexibility index (Phi) is 6.46. The maximum atomic E-state index is 13.7. The number of anilines is 2. The van der Waals surface area contributed by atoms with E-state index in [1.165, 1.54) is 19.4 Å². The number of pyridine rings is 1. The minimum Gasteiger partial charge on any atom is -0.481 e. The predicted molar refractivity (Wildman–Crippen MR) is 110 cm³/mol. The van der Waals surface area contributed by atoms with Crippen LogP contribution >= 0.6 is 0 Å². The number of hydrogen-bond donors (Lipinski definition) is 4. The molecule has 2 amide bonds. The van der Waals surface area contributed by atoms with Gasteiger partial charge in [0.1, 0.15) is 5.82 Å². The highest BCUT2D eigenvalue weighted by molar-refractivity contribution is 5.97. The van der Waals surface area contributed by atoms with E-state index >= 15 is 0 Å². The zero-order valence-corrected chi connectivity index (χ0v) is 16.6. The summed E-state index contributed by atoms with van der Waals surface area (Å²) in [6.07, 6.45) is -1.24. The van der Waals surface area contributed by atoms with Crippen LogP contribution in [-0.4, -0.2) is 61.0 Å². The van der Waals surface area contributed by atoms with E-state index in [1.54, 1.807) is 36.2 Å². The lowest BCUT2D eigenvalue weighted by molar-refractivity contribution is 0.0512. The first kappa shape index (κ1) is 21.4. The van der Waals surface area contributed by atoms with Gasteiger partial charge in [-0.2, -0.15) is 0 Å². The number of alkyl halides is 2. The Morgan fingerprint density at radius 2 is 2.07 bits per heavy atom. The zero-order valence-electron chi connectivity index (χ0n) is 16.6. The molecule has 1 unspecified atom stereocenters. The summed E-state index contributed by atoms with van der Waals surface area (Å²) in [7, 11) is 2.97. The van der Waals surface area contributed by atoms with Crippen LogP contribution in [-0.2, 0) is 4.74 Å². The fraction of sp³-hybridized carbons (Fsp3) is 0.350. The van der Waals surface area contributed by atoms with E-state index in [2.05, 4.69) is 15.6 Å². The number of halogens is 2. The topological polar surface area (TPSA) is 116 Å². The van der Waals surface area contributed by atoms with Crippen molar-refractivity contribution in [1.29, 1.82) is 5.41 Å². The Morgan fingerprint density at radius 1 is 1.37 bits per heavy atom. The van der Waals surface area contributed by atoms with Crippen molar-refractivity contribution in [1.82, 2.24) is 15.2 Å². The Hall–Kier alpha value is -3.27. The van der Waals surface area contributed by atoms with Crippen LogP contribution < -0.4 is 16.4 Å². The number of rotatable bonds is 5. The Labute approximate surface area is 172 Å². The number of likely N-dealkylation sites (tertiary alicyclic amines) is 1. The minimum absolute atomic E-state index is 0.145. The molecule has 3 atom stereocenters. The van der Waals surface area contributed by atoms with E-state index in [4.69, 9.17) is 15.9 Å². The highest BCUT2D eigenvalue weighted by atomic mass is 19.3. The maximum Gasteiger partial charge on any atom is 0.320 e. The molecule has 1 aliphatic heterocycles. The van der Waals surface area contributed by atoms with Crippen LogP contribution in [0.2, 0.25) is 0 Å². The summed E-state index contributed by atoms with van der Waals surface area (Å²) in [5.74, 6) is -0.538. The Balaban J connectivity index is 1.75. The van der Waals surface area contributed by atoms with Crippen LogP contribution in [0.4, 0.5) is 25.1 Å². The Morgan fingerprint density at radius 3 is 2.67 bits per heavy atom. The fourth-order valence-corrected chi connectivity index (χ4v) is 3.81. The van der Waals surface area contributed by atoms with E-state index in [0.29, 0.717) is 5.56 Å². The van der Waals surface area contributed by atoms with Gasteiger partial charge in [-0.1, -0.05) is 30.3 Å². The Bertz CT molecular complexity index is 911. The quantitative estimate of drug-likeness (QED) is 0.440. The van der Waals surface area contributed by atoms with Gasteiger partial charge in [0.05, 0.1) is 24.8 Å². The molecule has 1 aromatic heterocycles. The average Bonchev–Trinajstić information content (AvgIpc) is 3.03. The van der Waals surface area contributed by atoms with Crippen LogP contribution in [0.1, 0.15) is 17.0 Å². The first-order valence-electron chi connectivity index (χ1n) is 9.31. The van der Waals surface area contributed by atoms with E-state index < -0.39 is 30.5 Å². The average molecular weight is 418 g/mol. The summed E-state index contributed by atoms with van der Waals surface area (Å²) in [5, 5.41) is 13.0. The van der Waals surface area contributed by atoms with Gasteiger partial charge >= 0.3 is 6.03 Å². The summed E-state index contributed by atoms with van der Waals surface area (Å²) in [6.45, 7) is 0.279. The van der Waals surface area contributed by atoms with Gasteiger partial charge in [-0.15, -0.1) is 0 Å². The molecule has 2 heterocycles. The van der Waals surface area contributed by atoms with E-state index in [1.807, 2.05) is 6.07 Å². The van der Waals surface area contributed by atoms with Crippen molar-refractivity contribution in [3.8, 4) is 0 Å². The number of urea groups is 1. The number of likely N-dealkylation sites (N-methyl/N-ethyl adjacent to an activating group) is 1. The van der Waals surface area contributed by atoms with Gasteiger partial charge in [-0.25, -0.2) is 18.6 Å². The highest BCUT2D eigenvalue weighted by Crippen LogP contribution is 2.36. The molecule has 1 saturated heterocycles. The molecule has 0 saturated carbocycles. The normalized spacial score (nSPS) is 21.4. The number of methoxy groups -OCH3 is 1. The van der Waals surface area contributed by atoms with E-state index in [0.717, 1.165) is 5.56 Å². The third-order valence-corrected chi connectivity index (χ3v) is 5.18. The van der Waals surface area contributed by atoms with Crippen molar-refractivity contribution in [2.24, 2.45) is 0 Å². The number of amides is 2. The molecule has 1 aliphatic rings. The van der Waals surface area contributed by atoms with Gasteiger partial charge in [-0.3, -0.25) is 15.6 Å². The van der Waals surface area contributed by atoms with Gasteiger partial charge < -0.3 is 15.8 Å². The molecule has 0 aliphatic carbocycles. The number of nitrogens with two attached hydrogens (primary N) is 1. The van der Waals surface area contributed by atoms with Crippen LogP contribution in [0.15, 0.2) is 42.6 Å². The van der Waals surface area contributed by atoms with Crippen molar-refractivity contribution in [3.05, 3.63) is 53.7 Å². The summed E-state index contributed by atoms with van der Waals surface area (Å²) < 4.78 is 32.3. The zero-order chi connectivity index (χ0) is 21.8. The third-order valence-electron chi connectivity index (χ3n) is 5.18. The highest BCUT2D eigenvalue weighted by Gasteiger charge is 2.46. The monoisotopic (exact) mass is 418 g/mol. The number of aromatic nitrogens is 1. The molecular weight excluding hydrogens is 394 g/mol. The largest absolute Gasteiger partial charge is 0.481 e. The molecule has 160 valence electrons. The second-order valence-corrected chi connectivity index (χ2v) is 7.10. The van der Waals surface area contributed by atoms with Crippen molar-refractivity contribution in [2.45, 2.75) is 24.4 Å². The number of nitrogens with zero attached hydrogens (tertiary/aromatic N) is 2. The standard InChI is InChI=1S/C20H24F2N6O2/c1-28-10-14(16(17(28)18(21)22)11-6-4-3-5-7-11)26-20(29)27-15-8-13(23)12(9-25-15)19(24)30-2/h3-9,14,16-18,24H,10H2,1-2H3,(H4,23,25,26,27,29)/t14-,16?,17+/m1/s1. The predicted octanol–water partition coefficient (Wildman–Crippen LogP) is 2.49.